The van der Waals surface area contributed by atoms with Crippen molar-refractivity contribution in [3.63, 3.8) is 0 Å². The molecule has 27 heavy (non-hydrogen) atoms. The smallest absolute Gasteiger partial charge is 0.308 e. The molecule has 0 saturated carbocycles. The van der Waals surface area contributed by atoms with Gasteiger partial charge in [-0.2, -0.15) is 0 Å². The van der Waals surface area contributed by atoms with Gasteiger partial charge in [-0.1, -0.05) is 62.5 Å². The van der Waals surface area contributed by atoms with Crippen LogP contribution in [-0.2, 0) is 27.2 Å². The Balaban J connectivity index is 6.31. The van der Waals surface area contributed by atoms with Gasteiger partial charge < -0.3 is 18.1 Å². The number of hydrogen-bond donors (Lipinski definition) is 0. The third-order valence-corrected chi connectivity index (χ3v) is 10.5. The van der Waals surface area contributed by atoms with Gasteiger partial charge in [0.1, 0.15) is 0 Å². The van der Waals surface area contributed by atoms with Crippen LogP contribution in [0.2, 0.25) is 0 Å². The molecule has 0 rings (SSSR count). The summed E-state index contributed by atoms with van der Waals surface area (Å²) in [5, 5.41) is -1.73. The van der Waals surface area contributed by atoms with Crippen molar-refractivity contribution in [2.75, 3.05) is 13.2 Å². The fraction of sp³-hybridized carbons (Fsp3) is 1.00. The first kappa shape index (κ1) is 28.2. The van der Waals surface area contributed by atoms with Crippen LogP contribution in [0.5, 0.6) is 0 Å². The lowest BCUT2D eigenvalue weighted by Gasteiger charge is -2.37. The van der Waals surface area contributed by atoms with E-state index in [2.05, 4.69) is 0 Å². The highest BCUT2D eigenvalue weighted by Gasteiger charge is 2.62. The molecule has 0 aromatic heterocycles. The predicted molar refractivity (Wildman–Crippen MR) is 113 cm³/mol. The van der Waals surface area contributed by atoms with Crippen LogP contribution in [0.4, 0.5) is 0 Å². The summed E-state index contributed by atoms with van der Waals surface area (Å²) in [5.41, 5.74) is 0. The second-order valence-corrected chi connectivity index (χ2v) is 14.6. The monoisotopic (exact) mass is 488 g/mol. The lowest BCUT2D eigenvalue weighted by atomic mass is 10.2. The molecule has 11 heteroatoms. The summed E-state index contributed by atoms with van der Waals surface area (Å²) in [6.07, 6.45) is -1.07. The minimum absolute atomic E-state index is 0.0217. The van der Waals surface area contributed by atoms with Crippen LogP contribution in [0.25, 0.3) is 0 Å². The molecule has 0 aromatic carbocycles. The minimum atomic E-state index is -4.21. The highest BCUT2D eigenvalue weighted by atomic mass is 35.6. The first-order valence-electron chi connectivity index (χ1n) is 8.95. The molecule has 0 aliphatic carbocycles. The Morgan fingerprint density at radius 1 is 0.704 bits per heavy atom. The average molecular weight is 490 g/mol. The van der Waals surface area contributed by atoms with E-state index in [9.17, 15) is 9.13 Å². The van der Waals surface area contributed by atoms with Crippen molar-refractivity contribution < 1.29 is 27.2 Å². The van der Waals surface area contributed by atoms with Crippen LogP contribution in [0, 0.1) is 11.8 Å². The van der Waals surface area contributed by atoms with Gasteiger partial charge in [-0.15, -0.1) is 0 Å². The highest BCUT2D eigenvalue weighted by molar-refractivity contribution is 7.73. The van der Waals surface area contributed by atoms with E-state index < -0.39 is 36.6 Å². The molecule has 0 aliphatic rings. The summed E-state index contributed by atoms with van der Waals surface area (Å²) >= 11 is 18.4. The molecule has 0 saturated heterocycles. The Morgan fingerprint density at radius 3 is 1.26 bits per heavy atom. The van der Waals surface area contributed by atoms with E-state index in [1.807, 2.05) is 27.7 Å². The molecule has 164 valence electrons. The Hall–Kier alpha value is 1.17. The number of alkyl halides is 3. The van der Waals surface area contributed by atoms with E-state index in [1.165, 1.54) is 0 Å². The second-order valence-electron chi connectivity index (χ2n) is 7.68. The lowest BCUT2D eigenvalue weighted by Crippen LogP contribution is -2.32. The molecule has 0 bridgehead atoms. The van der Waals surface area contributed by atoms with Crippen LogP contribution in [-0.4, -0.2) is 34.6 Å². The fourth-order valence-electron chi connectivity index (χ4n) is 1.94. The number of rotatable bonds is 12. The molecular weight excluding hydrogens is 456 g/mol. The Morgan fingerprint density at radius 2 is 1.04 bits per heavy atom. The molecule has 0 fully saturated rings. The number of halogens is 3. The summed E-state index contributed by atoms with van der Waals surface area (Å²) in [6.45, 7) is 14.2. The average Bonchev–Trinajstić information content (AvgIpc) is 2.39. The van der Waals surface area contributed by atoms with E-state index >= 15 is 0 Å². The SMILES string of the molecule is CC(C)COP(=O)(OCC(C)C)C(C(Cl)(Cl)Cl)P(=O)(OC(C)C)OC(C)C. The van der Waals surface area contributed by atoms with E-state index in [4.69, 9.17) is 52.9 Å². The van der Waals surface area contributed by atoms with Crippen molar-refractivity contribution in [1.82, 2.24) is 0 Å². The topological polar surface area (TPSA) is 71.1 Å². The highest BCUT2D eigenvalue weighted by Crippen LogP contribution is 2.76. The van der Waals surface area contributed by atoms with Crippen molar-refractivity contribution in [2.45, 2.75) is 76.8 Å². The minimum Gasteiger partial charge on any atom is -0.308 e. The standard InChI is InChI=1S/C16H33Cl3O6P2/c1-11(2)9-22-26(20,23-10-12(3)4)15(16(17,18)19)27(21,24-13(5)6)25-14(7)8/h11-15H,9-10H2,1-8H3. The van der Waals surface area contributed by atoms with Gasteiger partial charge in [0.25, 0.3) is 0 Å². The second kappa shape index (κ2) is 11.5. The van der Waals surface area contributed by atoms with Crippen molar-refractivity contribution in [3.8, 4) is 0 Å². The molecule has 0 aromatic rings. The lowest BCUT2D eigenvalue weighted by molar-refractivity contribution is 0.132. The summed E-state index contributed by atoms with van der Waals surface area (Å²) in [4.78, 5) is 0. The van der Waals surface area contributed by atoms with Gasteiger partial charge in [-0.3, -0.25) is 9.13 Å². The van der Waals surface area contributed by atoms with Crippen molar-refractivity contribution in [2.24, 2.45) is 11.8 Å². The molecule has 6 nitrogen and oxygen atoms in total. The fourth-order valence-corrected chi connectivity index (χ4v) is 9.75. The molecule has 0 N–H and O–H groups in total. The molecule has 0 aliphatic heterocycles. The first-order valence-corrected chi connectivity index (χ1v) is 13.3. The quantitative estimate of drug-likeness (QED) is 0.212. The van der Waals surface area contributed by atoms with E-state index in [-0.39, 0.29) is 25.0 Å². The number of hydrogen-bond acceptors (Lipinski definition) is 6. The molecule has 0 radical (unpaired) electrons. The predicted octanol–water partition coefficient (Wildman–Crippen LogP) is 7.26. The molecular formula is C16H33Cl3O6P2. The maximum Gasteiger partial charge on any atom is 0.350 e. The van der Waals surface area contributed by atoms with Crippen LogP contribution in [0.15, 0.2) is 0 Å². The molecule has 1 atom stereocenters. The largest absolute Gasteiger partial charge is 0.350 e. The van der Waals surface area contributed by atoms with Gasteiger partial charge in [0.05, 0.1) is 25.4 Å². The van der Waals surface area contributed by atoms with E-state index in [1.54, 1.807) is 27.7 Å². The normalized spacial score (nSPS) is 15.4. The van der Waals surface area contributed by atoms with Gasteiger partial charge >= 0.3 is 15.2 Å². The Labute approximate surface area is 179 Å². The molecule has 0 heterocycles. The Bertz CT molecular complexity index is 505. The van der Waals surface area contributed by atoms with Gasteiger partial charge in [-0.25, -0.2) is 0 Å². The maximum absolute atomic E-state index is 13.7. The zero-order valence-corrected chi connectivity index (χ0v) is 21.3. The van der Waals surface area contributed by atoms with Gasteiger partial charge in [0, 0.05) is 0 Å². The third kappa shape index (κ3) is 10.2. The third-order valence-electron chi connectivity index (χ3n) is 2.78. The van der Waals surface area contributed by atoms with E-state index in [0.29, 0.717) is 0 Å². The summed E-state index contributed by atoms with van der Waals surface area (Å²) in [7, 11) is -8.42. The van der Waals surface area contributed by atoms with E-state index in [0.717, 1.165) is 0 Å². The van der Waals surface area contributed by atoms with Crippen molar-refractivity contribution >= 4 is 50.0 Å². The Kier molecular flexibility index (Phi) is 12.0. The van der Waals surface area contributed by atoms with Crippen molar-refractivity contribution in [1.29, 1.82) is 0 Å². The zero-order valence-electron chi connectivity index (χ0n) is 17.3. The van der Waals surface area contributed by atoms with Gasteiger partial charge in [-0.05, 0) is 39.5 Å². The van der Waals surface area contributed by atoms with Gasteiger partial charge in [0.15, 0.2) is 0 Å². The molecule has 1 unspecified atom stereocenters. The van der Waals surface area contributed by atoms with Crippen LogP contribution in [0.3, 0.4) is 0 Å². The maximum atomic E-state index is 13.7. The molecule has 0 amide bonds. The van der Waals surface area contributed by atoms with Gasteiger partial charge in [0.2, 0.25) is 9.19 Å². The summed E-state index contributed by atoms with van der Waals surface area (Å²) in [5.74, 6) is 0.0434. The van der Waals surface area contributed by atoms with Crippen LogP contribution < -0.4 is 0 Å². The summed E-state index contributed by atoms with van der Waals surface area (Å²) in [6, 6.07) is 0. The summed E-state index contributed by atoms with van der Waals surface area (Å²) < 4.78 is 47.4. The first-order chi connectivity index (χ1) is 12.0. The zero-order chi connectivity index (χ0) is 21.6. The van der Waals surface area contributed by atoms with Crippen LogP contribution in [0.1, 0.15) is 55.4 Å². The van der Waals surface area contributed by atoms with Crippen molar-refractivity contribution in [3.05, 3.63) is 0 Å². The van der Waals surface area contributed by atoms with Crippen LogP contribution >= 0.6 is 50.0 Å². The molecule has 0 spiro atoms.